The van der Waals surface area contributed by atoms with E-state index in [9.17, 15) is 36.7 Å². The second-order valence-electron chi connectivity index (χ2n) is 17.2. The number of aryl methyl sites for hydroxylation is 2. The fourth-order valence-electron chi connectivity index (χ4n) is 6.90. The van der Waals surface area contributed by atoms with E-state index < -0.39 is 88.4 Å². The average molecular weight is 892 g/mol. The van der Waals surface area contributed by atoms with Crippen LogP contribution in [0.3, 0.4) is 0 Å². The number of esters is 2. The van der Waals surface area contributed by atoms with Crippen LogP contribution in [0.2, 0.25) is 0 Å². The molecule has 0 aliphatic carbocycles. The van der Waals surface area contributed by atoms with Gasteiger partial charge >= 0.3 is 24.2 Å². The summed E-state index contributed by atoms with van der Waals surface area (Å²) in [7, 11) is 1.56. The first-order valence-corrected chi connectivity index (χ1v) is 20.1. The number of alkyl halides is 4. The maximum Gasteiger partial charge on any atom is 0.416 e. The lowest BCUT2D eigenvalue weighted by atomic mass is 9.95. The van der Waals surface area contributed by atoms with Gasteiger partial charge in [0.05, 0.1) is 30.2 Å². The van der Waals surface area contributed by atoms with Gasteiger partial charge in [0.15, 0.2) is 6.04 Å². The molecule has 5 rings (SSSR count). The first-order valence-electron chi connectivity index (χ1n) is 20.1. The molecule has 2 atom stereocenters. The highest BCUT2D eigenvalue weighted by atomic mass is 19.4. The predicted molar refractivity (Wildman–Crippen MR) is 218 cm³/mol. The molecule has 1 fully saturated rings. The Balaban J connectivity index is 1.58. The number of carbonyl (C=O) groups excluding carboxylic acids is 3. The molecule has 1 aliphatic rings. The van der Waals surface area contributed by atoms with E-state index in [1.807, 2.05) is 0 Å². The van der Waals surface area contributed by atoms with Crippen molar-refractivity contribution in [3.8, 4) is 22.8 Å². The normalized spacial score (nSPS) is 14.7. The minimum atomic E-state index is -4.97. The molecule has 13 nitrogen and oxygen atoms in total. The van der Waals surface area contributed by atoms with E-state index in [2.05, 4.69) is 10.4 Å². The Morgan fingerprint density at radius 1 is 0.937 bits per heavy atom. The molecule has 0 bridgehead atoms. The Bertz CT molecular complexity index is 2400. The quantitative estimate of drug-likeness (QED) is 0.0747. The second-order valence-corrected chi connectivity index (χ2v) is 17.2. The van der Waals surface area contributed by atoms with Crippen molar-refractivity contribution in [1.82, 2.24) is 24.6 Å². The fraction of sp³-hybridized carbons (Fsp3) is 0.477. The van der Waals surface area contributed by atoms with Crippen LogP contribution in [0.15, 0.2) is 53.6 Å². The Labute approximate surface area is 360 Å². The van der Waals surface area contributed by atoms with Crippen LogP contribution in [-0.2, 0) is 43.4 Å². The number of carbonyl (C=O) groups is 3. The minimum Gasteiger partial charge on any atom is -0.466 e. The van der Waals surface area contributed by atoms with E-state index in [1.165, 1.54) is 56.8 Å². The molecule has 1 N–H and O–H groups in total. The molecule has 19 heteroatoms. The number of pyridine rings is 1. The molecular formula is C44H51F6N5O8. The first kappa shape index (κ1) is 48.2. The number of halogens is 6. The zero-order chi connectivity index (χ0) is 46.8. The maximum atomic E-state index is 16.0. The highest BCUT2D eigenvalue weighted by Crippen LogP contribution is 2.38. The summed E-state index contributed by atoms with van der Waals surface area (Å²) in [5.41, 5.74) is -4.94. The number of hydrogen-bond acceptors (Lipinski definition) is 10. The van der Waals surface area contributed by atoms with Gasteiger partial charge in [-0.2, -0.15) is 13.2 Å². The first-order chi connectivity index (χ1) is 29.2. The van der Waals surface area contributed by atoms with Crippen molar-refractivity contribution in [3.05, 3.63) is 98.6 Å². The molecule has 0 radical (unpaired) electrons. The lowest BCUT2D eigenvalue weighted by Crippen LogP contribution is -2.49. The van der Waals surface area contributed by atoms with Crippen molar-refractivity contribution in [2.75, 3.05) is 26.2 Å². The van der Waals surface area contributed by atoms with Gasteiger partial charge in [-0.1, -0.05) is 0 Å². The van der Waals surface area contributed by atoms with Gasteiger partial charge in [0, 0.05) is 56.3 Å². The highest BCUT2D eigenvalue weighted by molar-refractivity contribution is 5.79. The summed E-state index contributed by atoms with van der Waals surface area (Å²) < 4.78 is 113. The Morgan fingerprint density at radius 2 is 1.60 bits per heavy atom. The molecule has 1 saturated heterocycles. The average Bonchev–Trinajstić information content (AvgIpc) is 3.50. The molecule has 0 saturated carbocycles. The predicted octanol–water partition coefficient (Wildman–Crippen LogP) is 8.29. The second kappa shape index (κ2) is 18.9. The van der Waals surface area contributed by atoms with Crippen LogP contribution < -0.4 is 15.6 Å². The number of nitrogens with zero attached hydrogens (tertiary/aromatic N) is 4. The lowest BCUT2D eigenvalue weighted by molar-refractivity contribution is -0.157. The van der Waals surface area contributed by atoms with Crippen LogP contribution in [0, 0.1) is 18.6 Å². The van der Waals surface area contributed by atoms with Crippen LogP contribution in [0.4, 0.5) is 31.1 Å². The van der Waals surface area contributed by atoms with Crippen LogP contribution >= 0.6 is 0 Å². The molecule has 1 aliphatic heterocycles. The van der Waals surface area contributed by atoms with Crippen LogP contribution in [0.25, 0.3) is 11.1 Å². The number of nitrogens with one attached hydrogen (secondary N) is 1. The van der Waals surface area contributed by atoms with Gasteiger partial charge in [0.25, 0.3) is 5.56 Å². The van der Waals surface area contributed by atoms with E-state index >= 15 is 8.78 Å². The van der Waals surface area contributed by atoms with Crippen LogP contribution in [0.5, 0.6) is 11.6 Å². The Morgan fingerprint density at radius 3 is 2.21 bits per heavy atom. The number of alkyl carbamates (subject to hydrolysis) is 1. The fourth-order valence-corrected chi connectivity index (χ4v) is 6.90. The topological polar surface area (TPSA) is 143 Å². The summed E-state index contributed by atoms with van der Waals surface area (Å²) >= 11 is 0. The number of ether oxygens (including phenoxy) is 4. The number of hydrogen-bond donors (Lipinski definition) is 1. The smallest absolute Gasteiger partial charge is 0.416 e. The number of rotatable bonds is 14. The molecule has 63 heavy (non-hydrogen) atoms. The molecule has 4 aromatic rings. The minimum absolute atomic E-state index is 0.0181. The van der Waals surface area contributed by atoms with Gasteiger partial charge in [-0.25, -0.2) is 22.8 Å². The third-order valence-electron chi connectivity index (χ3n) is 9.59. The van der Waals surface area contributed by atoms with Gasteiger partial charge in [-0.15, -0.1) is 5.10 Å². The van der Waals surface area contributed by atoms with Crippen molar-refractivity contribution in [2.24, 2.45) is 7.05 Å². The highest BCUT2D eigenvalue weighted by Gasteiger charge is 2.38. The largest absolute Gasteiger partial charge is 0.466 e. The van der Waals surface area contributed by atoms with E-state index in [-0.39, 0.29) is 66.5 Å². The third kappa shape index (κ3) is 12.4. The number of aromatic nitrogens is 3. The molecule has 342 valence electrons. The number of amides is 1. The van der Waals surface area contributed by atoms with Crippen molar-refractivity contribution in [1.29, 1.82) is 0 Å². The molecule has 0 spiro atoms. The molecular weight excluding hydrogens is 840 g/mol. The van der Waals surface area contributed by atoms with Crippen LogP contribution in [-0.4, -0.2) is 80.9 Å². The molecule has 1 unspecified atom stereocenters. The zero-order valence-corrected chi connectivity index (χ0v) is 36.4. The third-order valence-corrected chi connectivity index (χ3v) is 9.59. The summed E-state index contributed by atoms with van der Waals surface area (Å²) in [6.07, 6.45) is -5.36. The van der Waals surface area contributed by atoms with Gasteiger partial charge < -0.3 is 24.3 Å². The molecule has 2 aromatic carbocycles. The van der Waals surface area contributed by atoms with E-state index in [0.29, 0.717) is 16.2 Å². The monoisotopic (exact) mass is 891 g/mol. The van der Waals surface area contributed by atoms with Gasteiger partial charge in [-0.05, 0) is 109 Å². The zero-order valence-electron chi connectivity index (χ0n) is 36.4. The Kier molecular flexibility index (Phi) is 14.4. The molecule has 2 aromatic heterocycles. The van der Waals surface area contributed by atoms with Crippen molar-refractivity contribution in [3.63, 3.8) is 0 Å². The van der Waals surface area contributed by atoms with Gasteiger partial charge in [0.1, 0.15) is 34.8 Å². The standard InChI is InChI=1S/C44H51F6N5O8/c1-10-60-36(57)19-34(51-41(59)63-43(6,7)8)30-16-26(15-24(2)37(30)47)31-23-53(9)52-39(31)61-28-11-12-33(46)29(17-28)38(40(58)62-42(3,4)5)55-20-25(13-14-54-21-27(45)22-54)32(18-35(55)56)44(48,49)50/h11-12,15-18,20,23,27,34,38H,10,13-14,19,21-22H2,1-9H3,(H,51,59)/t34-,38?/m0/s1. The van der Waals surface area contributed by atoms with Crippen molar-refractivity contribution >= 4 is 18.0 Å². The van der Waals surface area contributed by atoms with E-state index in [0.717, 1.165) is 18.3 Å². The Hall–Kier alpha value is -5.85. The summed E-state index contributed by atoms with van der Waals surface area (Å²) in [5.74, 6) is -3.91. The lowest BCUT2D eigenvalue weighted by Gasteiger charge is -2.34. The molecule has 1 amide bonds. The summed E-state index contributed by atoms with van der Waals surface area (Å²) in [4.78, 5) is 54.6. The van der Waals surface area contributed by atoms with Gasteiger partial charge in [0.2, 0.25) is 5.88 Å². The number of likely N-dealkylation sites (tertiary alicyclic amines) is 1. The maximum absolute atomic E-state index is 16.0. The van der Waals surface area contributed by atoms with Gasteiger partial charge in [-0.3, -0.25) is 23.7 Å². The van der Waals surface area contributed by atoms with Crippen LogP contribution in [0.1, 0.15) is 94.8 Å². The SMILES string of the molecule is CCOC(=O)C[C@H](NC(=O)OC(C)(C)C)c1cc(-c2cn(C)nc2Oc2ccc(F)c(C(C(=O)OC(C)(C)C)n3cc(CCN4CC(F)C4)c(C(F)(F)F)cc3=O)c2)cc(C)c1F. The van der Waals surface area contributed by atoms with E-state index in [4.69, 9.17) is 18.9 Å². The summed E-state index contributed by atoms with van der Waals surface area (Å²) in [5, 5.41) is 6.94. The van der Waals surface area contributed by atoms with Crippen molar-refractivity contribution in [2.45, 2.75) is 104 Å². The van der Waals surface area contributed by atoms with Crippen molar-refractivity contribution < 1.29 is 59.7 Å². The summed E-state index contributed by atoms with van der Waals surface area (Å²) in [6.45, 7) is 12.6. The number of benzene rings is 2. The van der Waals surface area contributed by atoms with E-state index in [1.54, 1.807) is 39.6 Å². The molecule has 3 heterocycles. The summed E-state index contributed by atoms with van der Waals surface area (Å²) in [6, 6.07) is 3.17.